The van der Waals surface area contributed by atoms with Crippen molar-refractivity contribution in [3.8, 4) is 11.5 Å². The van der Waals surface area contributed by atoms with Crippen LogP contribution in [0.4, 0.5) is 0 Å². The van der Waals surface area contributed by atoms with E-state index >= 15 is 0 Å². The van der Waals surface area contributed by atoms with Crippen LogP contribution in [0.2, 0.25) is 5.02 Å². The molecule has 0 bridgehead atoms. The van der Waals surface area contributed by atoms with E-state index in [1.165, 1.54) is 12.8 Å². The second-order valence-electron chi connectivity index (χ2n) is 4.92. The Labute approximate surface area is 134 Å². The van der Waals surface area contributed by atoms with Crippen molar-refractivity contribution in [3.63, 3.8) is 0 Å². The Balaban J connectivity index is 2.58. The first kappa shape index (κ1) is 18.1. The van der Waals surface area contributed by atoms with E-state index in [0.29, 0.717) is 13.2 Å². The van der Waals surface area contributed by atoms with Crippen LogP contribution in [0, 0.1) is 0 Å². The third-order valence-corrected chi connectivity index (χ3v) is 3.61. The minimum absolute atomic E-state index is 0.611. The Kier molecular flexibility index (Phi) is 9.27. The van der Waals surface area contributed by atoms with Gasteiger partial charge in [0.1, 0.15) is 0 Å². The summed E-state index contributed by atoms with van der Waals surface area (Å²) in [5.41, 5.74) is 1.15. The van der Waals surface area contributed by atoms with Gasteiger partial charge < -0.3 is 14.8 Å². The lowest BCUT2D eigenvalue weighted by Crippen LogP contribution is -2.13. The molecule has 0 aliphatic heterocycles. The molecule has 0 fully saturated rings. The summed E-state index contributed by atoms with van der Waals surface area (Å²) < 4.78 is 11.2. The van der Waals surface area contributed by atoms with Crippen LogP contribution in [0.3, 0.4) is 0 Å². The molecule has 0 spiro atoms. The molecule has 0 aliphatic rings. The van der Waals surface area contributed by atoms with Crippen LogP contribution in [0.5, 0.6) is 11.5 Å². The van der Waals surface area contributed by atoms with E-state index in [4.69, 9.17) is 21.1 Å². The van der Waals surface area contributed by atoms with Crippen molar-refractivity contribution in [2.24, 2.45) is 0 Å². The third-order valence-electron chi connectivity index (χ3n) is 3.26. The summed E-state index contributed by atoms with van der Waals surface area (Å²) in [4.78, 5) is 0. The molecule has 0 aromatic heterocycles. The number of nitrogens with one attached hydrogen (secondary N) is 1. The molecular weight excluding hydrogens is 286 g/mol. The van der Waals surface area contributed by atoms with E-state index < -0.39 is 0 Å². The van der Waals surface area contributed by atoms with E-state index in [-0.39, 0.29) is 0 Å². The molecule has 0 heterocycles. The van der Waals surface area contributed by atoms with Gasteiger partial charge in [0.15, 0.2) is 11.5 Å². The van der Waals surface area contributed by atoms with Gasteiger partial charge in [0.05, 0.1) is 13.2 Å². The number of unbranched alkanes of at least 4 members (excludes halogenated alkanes) is 2. The highest BCUT2D eigenvalue weighted by atomic mass is 35.5. The van der Waals surface area contributed by atoms with Crippen LogP contribution >= 0.6 is 11.6 Å². The van der Waals surface area contributed by atoms with Crippen molar-refractivity contribution in [1.82, 2.24) is 5.32 Å². The average Bonchev–Trinajstić information content (AvgIpc) is 2.47. The van der Waals surface area contributed by atoms with E-state index in [1.807, 2.05) is 26.0 Å². The zero-order valence-corrected chi connectivity index (χ0v) is 14.3. The quantitative estimate of drug-likeness (QED) is 0.612. The highest BCUT2D eigenvalue weighted by Crippen LogP contribution is 2.34. The number of aryl methyl sites for hydroxylation is 1. The van der Waals surface area contributed by atoms with Crippen molar-refractivity contribution in [3.05, 3.63) is 22.7 Å². The fourth-order valence-electron chi connectivity index (χ4n) is 2.22. The first-order chi connectivity index (χ1) is 10.2. The van der Waals surface area contributed by atoms with Crippen LogP contribution in [0.1, 0.15) is 45.6 Å². The highest BCUT2D eigenvalue weighted by Gasteiger charge is 2.10. The molecule has 0 unspecified atom stereocenters. The number of benzene rings is 1. The van der Waals surface area contributed by atoms with Gasteiger partial charge in [-0.25, -0.2) is 0 Å². The predicted molar refractivity (Wildman–Crippen MR) is 89.9 cm³/mol. The zero-order chi connectivity index (χ0) is 15.5. The van der Waals surface area contributed by atoms with E-state index in [1.54, 1.807) is 0 Å². The van der Waals surface area contributed by atoms with Crippen molar-refractivity contribution >= 4 is 11.6 Å². The molecule has 1 aromatic carbocycles. The van der Waals surface area contributed by atoms with Gasteiger partial charge in [-0.05, 0) is 57.8 Å². The molecule has 21 heavy (non-hydrogen) atoms. The summed E-state index contributed by atoms with van der Waals surface area (Å²) in [5, 5.41) is 4.11. The smallest absolute Gasteiger partial charge is 0.162 e. The fourth-order valence-corrected chi connectivity index (χ4v) is 2.47. The summed E-state index contributed by atoms with van der Waals surface area (Å²) in [6, 6.07) is 3.91. The Morgan fingerprint density at radius 2 is 1.62 bits per heavy atom. The highest BCUT2D eigenvalue weighted by molar-refractivity contribution is 6.31. The molecule has 3 nitrogen and oxygen atoms in total. The van der Waals surface area contributed by atoms with E-state index in [9.17, 15) is 0 Å². The molecular formula is C17H28ClNO2. The molecule has 0 saturated carbocycles. The van der Waals surface area contributed by atoms with Gasteiger partial charge in [0.25, 0.3) is 0 Å². The standard InChI is InChI=1S/C17H28ClNO2/c1-4-19-11-9-7-8-10-14-12-16(20-5-2)17(21-6-3)13-15(14)18/h12-13,19H,4-11H2,1-3H3. The van der Waals surface area contributed by atoms with Gasteiger partial charge in [0.2, 0.25) is 0 Å². The van der Waals surface area contributed by atoms with Crippen molar-refractivity contribution in [1.29, 1.82) is 0 Å². The van der Waals surface area contributed by atoms with Crippen LogP contribution in [0.15, 0.2) is 12.1 Å². The lowest BCUT2D eigenvalue weighted by Gasteiger charge is -2.14. The maximum Gasteiger partial charge on any atom is 0.162 e. The number of ether oxygens (including phenoxy) is 2. The lowest BCUT2D eigenvalue weighted by atomic mass is 10.1. The summed E-state index contributed by atoms with van der Waals surface area (Å²) in [7, 11) is 0. The maximum atomic E-state index is 6.35. The second kappa shape index (κ2) is 10.7. The van der Waals surface area contributed by atoms with Crippen LogP contribution in [0.25, 0.3) is 0 Å². The summed E-state index contributed by atoms with van der Waals surface area (Å²) in [6.07, 6.45) is 4.55. The van der Waals surface area contributed by atoms with Crippen molar-refractivity contribution in [2.75, 3.05) is 26.3 Å². The van der Waals surface area contributed by atoms with E-state index in [2.05, 4.69) is 12.2 Å². The first-order valence-corrected chi connectivity index (χ1v) is 8.39. The summed E-state index contributed by atoms with van der Waals surface area (Å²) in [5.74, 6) is 1.53. The van der Waals surface area contributed by atoms with Gasteiger partial charge in [-0.3, -0.25) is 0 Å². The molecule has 0 aliphatic carbocycles. The molecule has 1 aromatic rings. The molecule has 0 atom stereocenters. The number of halogens is 1. The van der Waals surface area contributed by atoms with Gasteiger partial charge >= 0.3 is 0 Å². The Bertz CT molecular complexity index is 410. The topological polar surface area (TPSA) is 30.5 Å². The fraction of sp³-hybridized carbons (Fsp3) is 0.647. The Hall–Kier alpha value is -0.930. The number of hydrogen-bond acceptors (Lipinski definition) is 3. The summed E-state index contributed by atoms with van der Waals surface area (Å²) >= 11 is 6.35. The van der Waals surface area contributed by atoms with Crippen molar-refractivity contribution < 1.29 is 9.47 Å². The Morgan fingerprint density at radius 3 is 2.24 bits per heavy atom. The maximum absolute atomic E-state index is 6.35. The first-order valence-electron chi connectivity index (χ1n) is 8.01. The molecule has 4 heteroatoms. The van der Waals surface area contributed by atoms with Crippen LogP contribution < -0.4 is 14.8 Å². The van der Waals surface area contributed by atoms with Gasteiger partial charge in [0, 0.05) is 11.1 Å². The zero-order valence-electron chi connectivity index (χ0n) is 13.5. The largest absolute Gasteiger partial charge is 0.490 e. The van der Waals surface area contributed by atoms with Crippen LogP contribution in [-0.4, -0.2) is 26.3 Å². The normalized spacial score (nSPS) is 10.7. The minimum atomic E-state index is 0.611. The Morgan fingerprint density at radius 1 is 0.952 bits per heavy atom. The molecule has 0 amide bonds. The average molecular weight is 314 g/mol. The predicted octanol–water partition coefficient (Wildman–Crippen LogP) is 4.46. The lowest BCUT2D eigenvalue weighted by molar-refractivity contribution is 0.287. The van der Waals surface area contributed by atoms with Gasteiger partial charge in [-0.1, -0.05) is 24.9 Å². The second-order valence-corrected chi connectivity index (χ2v) is 5.33. The molecule has 120 valence electrons. The number of hydrogen-bond donors (Lipinski definition) is 1. The third kappa shape index (κ3) is 6.58. The van der Waals surface area contributed by atoms with Crippen LogP contribution in [-0.2, 0) is 6.42 Å². The minimum Gasteiger partial charge on any atom is -0.490 e. The van der Waals surface area contributed by atoms with Crippen molar-refractivity contribution in [2.45, 2.75) is 46.5 Å². The summed E-state index contributed by atoms with van der Waals surface area (Å²) in [6.45, 7) is 9.45. The monoisotopic (exact) mass is 313 g/mol. The molecule has 1 N–H and O–H groups in total. The number of rotatable bonds is 11. The van der Waals surface area contributed by atoms with Gasteiger partial charge in [-0.15, -0.1) is 0 Å². The molecule has 1 rings (SSSR count). The van der Waals surface area contributed by atoms with E-state index in [0.717, 1.165) is 48.0 Å². The molecule has 0 radical (unpaired) electrons. The molecule has 0 saturated heterocycles. The van der Waals surface area contributed by atoms with Gasteiger partial charge in [-0.2, -0.15) is 0 Å². The SMILES string of the molecule is CCNCCCCCc1cc(OCC)c(OCC)cc1Cl.